The first kappa shape index (κ1) is 19.9. The van der Waals surface area contributed by atoms with Crippen molar-refractivity contribution in [3.8, 4) is 0 Å². The number of nitrogens with one attached hydrogen (secondary N) is 2. The molecule has 0 fully saturated rings. The zero-order valence-electron chi connectivity index (χ0n) is 17.3. The molecular weight excluding hydrogens is 383 g/mol. The quantitative estimate of drug-likeness (QED) is 0.623. The fourth-order valence-corrected chi connectivity index (χ4v) is 3.40. The van der Waals surface area contributed by atoms with Crippen molar-refractivity contribution in [1.82, 2.24) is 25.3 Å². The molecule has 30 heavy (non-hydrogen) atoms. The second-order valence-corrected chi connectivity index (χ2v) is 6.92. The Hall–Kier alpha value is -3.36. The predicted molar refractivity (Wildman–Crippen MR) is 115 cm³/mol. The van der Waals surface area contributed by atoms with Gasteiger partial charge in [0.1, 0.15) is 17.2 Å². The number of benzene rings is 2. The smallest absolute Gasteiger partial charge is 0.203 e. The van der Waals surface area contributed by atoms with Gasteiger partial charge < -0.3 is 9.88 Å². The summed E-state index contributed by atoms with van der Waals surface area (Å²) in [5, 5.41) is 6.80. The summed E-state index contributed by atoms with van der Waals surface area (Å²) >= 11 is 0. The molecule has 0 radical (unpaired) electrons. The van der Waals surface area contributed by atoms with Crippen molar-refractivity contribution in [1.29, 1.82) is 0 Å². The summed E-state index contributed by atoms with van der Waals surface area (Å²) < 4.78 is 15.5. The van der Waals surface area contributed by atoms with E-state index in [4.69, 9.17) is 4.84 Å². The van der Waals surface area contributed by atoms with Crippen LogP contribution in [0.3, 0.4) is 0 Å². The van der Waals surface area contributed by atoms with E-state index >= 15 is 0 Å². The van der Waals surface area contributed by atoms with Gasteiger partial charge in [-0.15, -0.1) is 5.12 Å². The number of hydrogen-bond acceptors (Lipinski definition) is 6. The lowest BCUT2D eigenvalue weighted by atomic mass is 10.1. The lowest BCUT2D eigenvalue weighted by Gasteiger charge is -2.26. The van der Waals surface area contributed by atoms with Crippen LogP contribution >= 0.6 is 0 Å². The Balaban J connectivity index is 1.69. The molecule has 1 aromatic heterocycles. The van der Waals surface area contributed by atoms with E-state index in [9.17, 15) is 4.39 Å². The van der Waals surface area contributed by atoms with Crippen molar-refractivity contribution in [3.05, 3.63) is 83.4 Å². The lowest BCUT2D eigenvalue weighted by Crippen LogP contribution is -2.39. The molecule has 2 aromatic carbocycles. The highest BCUT2D eigenvalue weighted by Crippen LogP contribution is 2.34. The van der Waals surface area contributed by atoms with Crippen LogP contribution in [0.15, 0.2) is 60.8 Å². The van der Waals surface area contributed by atoms with E-state index in [1.54, 1.807) is 22.4 Å². The van der Waals surface area contributed by atoms with Gasteiger partial charge in [-0.3, -0.25) is 10.3 Å². The zero-order chi connectivity index (χ0) is 21.1. The zero-order valence-corrected chi connectivity index (χ0v) is 17.3. The molecule has 0 saturated heterocycles. The van der Waals surface area contributed by atoms with E-state index in [0.717, 1.165) is 28.6 Å². The van der Waals surface area contributed by atoms with E-state index in [2.05, 4.69) is 27.9 Å². The van der Waals surface area contributed by atoms with E-state index in [0.29, 0.717) is 13.2 Å². The summed E-state index contributed by atoms with van der Waals surface area (Å²) in [7, 11) is 3.81. The molecule has 0 bridgehead atoms. The van der Waals surface area contributed by atoms with Crippen LogP contribution in [0.25, 0.3) is 11.4 Å². The molecular formula is C22H25FN6O. The van der Waals surface area contributed by atoms with Crippen LogP contribution in [-0.2, 0) is 18.4 Å². The summed E-state index contributed by atoms with van der Waals surface area (Å²) in [6, 6.07) is 16.5. The third-order valence-corrected chi connectivity index (χ3v) is 4.88. The van der Waals surface area contributed by atoms with Crippen LogP contribution in [0.1, 0.15) is 23.7 Å². The first-order valence-corrected chi connectivity index (χ1v) is 9.82. The molecule has 4 rings (SSSR count). The molecule has 0 atom stereocenters. The number of halogens is 1. The molecule has 156 valence electrons. The number of hydrogen-bond donors (Lipinski definition) is 2. The Labute approximate surface area is 175 Å². The van der Waals surface area contributed by atoms with Gasteiger partial charge in [-0.1, -0.05) is 30.3 Å². The van der Waals surface area contributed by atoms with Crippen LogP contribution in [0.5, 0.6) is 0 Å². The highest BCUT2D eigenvalue weighted by atomic mass is 19.1. The molecule has 0 saturated carbocycles. The molecule has 1 aliphatic heterocycles. The maximum absolute atomic E-state index is 13.5. The van der Waals surface area contributed by atoms with Gasteiger partial charge in [0.05, 0.1) is 18.5 Å². The topological polar surface area (TPSA) is 57.6 Å². The number of hydrazine groups is 2. The summed E-state index contributed by atoms with van der Waals surface area (Å²) in [4.78, 5) is 10.4. The Kier molecular flexibility index (Phi) is 5.69. The lowest BCUT2D eigenvalue weighted by molar-refractivity contribution is -0.230. The Morgan fingerprint density at radius 3 is 2.50 bits per heavy atom. The largest absolute Gasteiger partial charge is 0.352 e. The Morgan fingerprint density at radius 1 is 1.07 bits per heavy atom. The summed E-state index contributed by atoms with van der Waals surface area (Å²) in [5.74, 6) is 0.468. The third-order valence-electron chi connectivity index (χ3n) is 4.88. The number of anilines is 1. The Morgan fingerprint density at radius 2 is 1.80 bits per heavy atom. The minimum Gasteiger partial charge on any atom is -0.352 e. The second kappa shape index (κ2) is 8.56. The van der Waals surface area contributed by atoms with Gasteiger partial charge in [-0.25, -0.2) is 9.37 Å². The summed E-state index contributed by atoms with van der Waals surface area (Å²) in [6.07, 6.45) is 1.81. The first-order chi connectivity index (χ1) is 14.6. The average Bonchev–Trinajstić information content (AvgIpc) is 3.28. The molecule has 2 N–H and O–H groups in total. The SMILES string of the molecule is CCON1C(c2ccc(F)cc2)=C(c2cnc(NCc3ccccc3)n2C)NN1C. The van der Waals surface area contributed by atoms with E-state index in [-0.39, 0.29) is 5.82 Å². The molecule has 3 aromatic rings. The maximum Gasteiger partial charge on any atom is 0.203 e. The van der Waals surface area contributed by atoms with Crippen LogP contribution in [0, 0.1) is 5.82 Å². The van der Waals surface area contributed by atoms with Crippen LogP contribution in [0.2, 0.25) is 0 Å². The molecule has 0 unspecified atom stereocenters. The number of hydroxylamine groups is 1. The van der Waals surface area contributed by atoms with Crippen molar-refractivity contribution in [2.24, 2.45) is 7.05 Å². The van der Waals surface area contributed by atoms with Gasteiger partial charge in [-0.2, -0.15) is 5.17 Å². The molecule has 0 aliphatic carbocycles. The van der Waals surface area contributed by atoms with Gasteiger partial charge in [-0.05, 0) is 36.8 Å². The minimum atomic E-state index is -0.281. The van der Waals surface area contributed by atoms with E-state index in [1.165, 1.54) is 17.7 Å². The van der Waals surface area contributed by atoms with Crippen LogP contribution in [-0.4, -0.2) is 33.5 Å². The van der Waals surface area contributed by atoms with Crippen LogP contribution < -0.4 is 10.7 Å². The number of nitrogens with zero attached hydrogens (tertiary/aromatic N) is 4. The summed E-state index contributed by atoms with van der Waals surface area (Å²) in [6.45, 7) is 3.08. The average molecular weight is 408 g/mol. The van der Waals surface area contributed by atoms with Gasteiger partial charge in [0, 0.05) is 26.2 Å². The molecule has 0 spiro atoms. The molecule has 1 aliphatic rings. The normalized spacial score (nSPS) is 14.3. The van der Waals surface area contributed by atoms with Crippen molar-refractivity contribution in [3.63, 3.8) is 0 Å². The van der Waals surface area contributed by atoms with E-state index < -0.39 is 0 Å². The fourth-order valence-electron chi connectivity index (χ4n) is 3.40. The van der Waals surface area contributed by atoms with Gasteiger partial charge >= 0.3 is 0 Å². The van der Waals surface area contributed by atoms with Crippen molar-refractivity contribution < 1.29 is 9.23 Å². The van der Waals surface area contributed by atoms with Gasteiger partial charge in [0.15, 0.2) is 0 Å². The van der Waals surface area contributed by atoms with Crippen LogP contribution in [0.4, 0.5) is 10.3 Å². The van der Waals surface area contributed by atoms with Crippen molar-refractivity contribution in [2.75, 3.05) is 19.0 Å². The second-order valence-electron chi connectivity index (χ2n) is 6.92. The fraction of sp³-hybridized carbons (Fsp3) is 0.227. The Bertz CT molecular complexity index is 1030. The minimum absolute atomic E-state index is 0.281. The highest BCUT2D eigenvalue weighted by molar-refractivity contribution is 5.89. The number of imidazole rings is 1. The molecule has 2 heterocycles. The predicted octanol–water partition coefficient (Wildman–Crippen LogP) is 3.62. The standard InChI is InChI=1S/C22H25FN6O/c1-4-30-29-21(17-10-12-18(23)13-11-17)20(26-28(29)3)19-15-25-22(27(19)2)24-14-16-8-6-5-7-9-16/h5-13,15,26H,4,14H2,1-3H3,(H,24,25). The monoisotopic (exact) mass is 408 g/mol. The maximum atomic E-state index is 13.5. The number of rotatable bonds is 7. The third kappa shape index (κ3) is 3.87. The van der Waals surface area contributed by atoms with Gasteiger partial charge in [0.2, 0.25) is 5.95 Å². The van der Waals surface area contributed by atoms with E-state index in [1.807, 2.05) is 50.0 Å². The van der Waals surface area contributed by atoms with Gasteiger partial charge in [0.25, 0.3) is 0 Å². The van der Waals surface area contributed by atoms with Crippen molar-refractivity contribution >= 4 is 17.3 Å². The van der Waals surface area contributed by atoms with Crippen molar-refractivity contribution in [2.45, 2.75) is 13.5 Å². The molecule has 7 nitrogen and oxygen atoms in total. The molecule has 0 amide bonds. The summed E-state index contributed by atoms with van der Waals surface area (Å²) in [5.41, 5.74) is 7.82. The first-order valence-electron chi connectivity index (χ1n) is 9.82. The number of aromatic nitrogens is 2. The molecule has 8 heteroatoms. The highest BCUT2D eigenvalue weighted by Gasteiger charge is 2.32.